The van der Waals surface area contributed by atoms with Crippen molar-refractivity contribution in [1.82, 2.24) is 0 Å². The van der Waals surface area contributed by atoms with Crippen LogP contribution < -0.4 is 5.73 Å². The predicted molar refractivity (Wildman–Crippen MR) is 39.5 cm³/mol. The zero-order valence-corrected chi connectivity index (χ0v) is 6.25. The van der Waals surface area contributed by atoms with E-state index < -0.39 is 17.9 Å². The number of carboxylic acid groups (broad SMARTS) is 1. The molecule has 1 unspecified atom stereocenters. The van der Waals surface area contributed by atoms with Crippen LogP contribution in [0.2, 0.25) is 0 Å². The van der Waals surface area contributed by atoms with E-state index in [-0.39, 0.29) is 6.42 Å². The summed E-state index contributed by atoms with van der Waals surface area (Å²) in [6.07, 6.45) is 1.35. The standard InChI is InChI=1S/C6H9N3O3/c7-5(6(11)12)1-4(3-10)2-9-8/h2-5H,1,7H2,(H,11,12)/t4?,5-/m0/s1. The van der Waals surface area contributed by atoms with Gasteiger partial charge in [0.15, 0.2) is 0 Å². The molecule has 0 aromatic rings. The molecular weight excluding hydrogens is 162 g/mol. The topological polar surface area (TPSA) is 117 Å². The van der Waals surface area contributed by atoms with Gasteiger partial charge in [-0.2, -0.15) is 4.79 Å². The first-order valence-corrected chi connectivity index (χ1v) is 3.23. The molecule has 0 amide bonds. The van der Waals surface area contributed by atoms with E-state index in [0.29, 0.717) is 6.29 Å². The zero-order chi connectivity index (χ0) is 9.56. The van der Waals surface area contributed by atoms with Gasteiger partial charge in [-0.25, -0.2) is 0 Å². The molecule has 0 aliphatic carbocycles. The maximum absolute atomic E-state index is 10.2. The van der Waals surface area contributed by atoms with E-state index in [0.717, 1.165) is 6.21 Å². The summed E-state index contributed by atoms with van der Waals surface area (Å²) in [7, 11) is 0. The lowest BCUT2D eigenvalue weighted by Gasteiger charge is -2.04. The number of carbonyl (C=O) groups is 2. The van der Waals surface area contributed by atoms with Crippen LogP contribution in [0.3, 0.4) is 0 Å². The summed E-state index contributed by atoms with van der Waals surface area (Å²) >= 11 is 0. The Bertz CT molecular complexity index is 222. The minimum Gasteiger partial charge on any atom is -0.480 e. The largest absolute Gasteiger partial charge is 0.480 e. The predicted octanol–water partition coefficient (Wildman–Crippen LogP) is -1.10. The Morgan fingerprint density at radius 2 is 2.33 bits per heavy atom. The summed E-state index contributed by atoms with van der Waals surface area (Å²) in [5.74, 6) is -1.94. The van der Waals surface area contributed by atoms with Gasteiger partial charge in [0, 0.05) is 0 Å². The van der Waals surface area contributed by atoms with Crippen LogP contribution in [0.25, 0.3) is 5.53 Å². The molecule has 0 aliphatic heterocycles. The third-order valence-electron chi connectivity index (χ3n) is 1.28. The van der Waals surface area contributed by atoms with Crippen LogP contribution in [-0.2, 0) is 9.59 Å². The molecule has 0 saturated heterocycles. The third kappa shape index (κ3) is 3.60. The Morgan fingerprint density at radius 1 is 1.75 bits per heavy atom. The minimum atomic E-state index is -1.19. The lowest BCUT2D eigenvalue weighted by Crippen LogP contribution is -2.33. The number of rotatable bonds is 5. The Kier molecular flexibility index (Phi) is 4.52. The van der Waals surface area contributed by atoms with Gasteiger partial charge >= 0.3 is 5.97 Å². The summed E-state index contributed by atoms with van der Waals surface area (Å²) in [6.45, 7) is 0. The van der Waals surface area contributed by atoms with Crippen molar-refractivity contribution in [1.29, 1.82) is 0 Å². The van der Waals surface area contributed by atoms with E-state index in [4.69, 9.17) is 16.4 Å². The summed E-state index contributed by atoms with van der Waals surface area (Å²) in [5.41, 5.74) is 13.2. The molecule has 0 heterocycles. The highest BCUT2D eigenvalue weighted by atomic mass is 16.4. The number of hydrogen-bond donors (Lipinski definition) is 2. The van der Waals surface area contributed by atoms with Gasteiger partial charge in [-0.1, -0.05) is 0 Å². The van der Waals surface area contributed by atoms with Gasteiger partial charge in [-0.05, 0) is 6.42 Å². The fourth-order valence-corrected chi connectivity index (χ4v) is 0.631. The van der Waals surface area contributed by atoms with E-state index >= 15 is 0 Å². The Balaban J connectivity index is 4.10. The molecule has 12 heavy (non-hydrogen) atoms. The summed E-state index contributed by atoms with van der Waals surface area (Å²) < 4.78 is 0. The molecule has 0 rings (SSSR count). The summed E-state index contributed by atoms with van der Waals surface area (Å²) in [6, 6.07) is -1.11. The number of nitrogens with zero attached hydrogens (tertiary/aromatic N) is 2. The van der Waals surface area contributed by atoms with E-state index in [9.17, 15) is 9.59 Å². The van der Waals surface area contributed by atoms with Crippen LogP contribution in [-0.4, -0.2) is 34.4 Å². The Labute approximate surface area is 68.6 Å². The monoisotopic (exact) mass is 171 g/mol. The maximum atomic E-state index is 10.2. The van der Waals surface area contributed by atoms with E-state index in [1.807, 2.05) is 0 Å². The molecular formula is C6H9N3O3. The van der Waals surface area contributed by atoms with Crippen molar-refractivity contribution in [2.75, 3.05) is 0 Å². The quantitative estimate of drug-likeness (QED) is 0.236. The van der Waals surface area contributed by atoms with E-state index in [2.05, 4.69) is 4.79 Å². The molecule has 0 aliphatic rings. The van der Waals surface area contributed by atoms with Gasteiger partial charge < -0.3 is 21.2 Å². The fraction of sp³-hybridized carbons (Fsp3) is 0.500. The second-order valence-corrected chi connectivity index (χ2v) is 2.24. The molecule has 6 heteroatoms. The van der Waals surface area contributed by atoms with Crippen LogP contribution in [0.1, 0.15) is 6.42 Å². The van der Waals surface area contributed by atoms with Gasteiger partial charge in [0.1, 0.15) is 18.2 Å². The lowest BCUT2D eigenvalue weighted by molar-refractivity contribution is -0.138. The van der Waals surface area contributed by atoms with Crippen molar-refractivity contribution in [3.63, 3.8) is 0 Å². The van der Waals surface area contributed by atoms with Crippen LogP contribution in [0, 0.1) is 5.92 Å². The van der Waals surface area contributed by atoms with Gasteiger partial charge in [0.05, 0.1) is 0 Å². The second-order valence-electron chi connectivity index (χ2n) is 2.24. The molecule has 66 valence electrons. The first kappa shape index (κ1) is 10.5. The number of carboxylic acids is 1. The Hall–Kier alpha value is -1.52. The number of carbonyl (C=O) groups excluding carboxylic acids is 1. The van der Waals surface area contributed by atoms with Gasteiger partial charge in [-0.15, -0.1) is 0 Å². The minimum absolute atomic E-state index is 0.0666. The molecule has 0 spiro atoms. The third-order valence-corrected chi connectivity index (χ3v) is 1.28. The van der Waals surface area contributed by atoms with Gasteiger partial charge in [0.2, 0.25) is 0 Å². The SMILES string of the molecule is [N-]=[N+]=CC(C=O)C[C@H](N)C(=O)O. The van der Waals surface area contributed by atoms with Crippen LogP contribution in [0.5, 0.6) is 0 Å². The van der Waals surface area contributed by atoms with Crippen molar-refractivity contribution in [2.45, 2.75) is 12.5 Å². The molecule has 0 aromatic heterocycles. The number of aliphatic carboxylic acids is 1. The highest BCUT2D eigenvalue weighted by Crippen LogP contribution is 1.98. The molecule has 0 saturated carbocycles. The van der Waals surface area contributed by atoms with Crippen molar-refractivity contribution in [2.24, 2.45) is 11.7 Å². The van der Waals surface area contributed by atoms with Crippen molar-refractivity contribution in [3.8, 4) is 0 Å². The molecule has 6 nitrogen and oxygen atoms in total. The summed E-state index contributed by atoms with van der Waals surface area (Å²) in [4.78, 5) is 23.0. The molecule has 3 N–H and O–H groups in total. The smallest absolute Gasteiger partial charge is 0.320 e. The second kappa shape index (κ2) is 5.17. The molecule has 0 radical (unpaired) electrons. The number of hydrogen-bond acceptors (Lipinski definition) is 3. The van der Waals surface area contributed by atoms with Gasteiger partial charge in [-0.3, -0.25) is 4.79 Å². The average Bonchev–Trinajstić information content (AvgIpc) is 2.03. The normalized spacial score (nSPS) is 14.1. The Morgan fingerprint density at radius 3 is 2.67 bits per heavy atom. The highest BCUT2D eigenvalue weighted by Gasteiger charge is 2.19. The van der Waals surface area contributed by atoms with Crippen molar-refractivity contribution in [3.05, 3.63) is 5.53 Å². The first-order chi connectivity index (χ1) is 5.61. The zero-order valence-electron chi connectivity index (χ0n) is 6.25. The average molecular weight is 171 g/mol. The lowest BCUT2D eigenvalue weighted by atomic mass is 10.0. The van der Waals surface area contributed by atoms with E-state index in [1.165, 1.54) is 0 Å². The van der Waals surface area contributed by atoms with Gasteiger partial charge in [0.25, 0.3) is 6.21 Å². The van der Waals surface area contributed by atoms with Crippen LogP contribution >= 0.6 is 0 Å². The van der Waals surface area contributed by atoms with Crippen molar-refractivity contribution >= 4 is 18.5 Å². The first-order valence-electron chi connectivity index (χ1n) is 3.23. The highest BCUT2D eigenvalue weighted by molar-refractivity contribution is 5.80. The number of nitrogens with two attached hydrogens (primary N) is 1. The van der Waals surface area contributed by atoms with Crippen LogP contribution in [0.15, 0.2) is 0 Å². The molecule has 0 fully saturated rings. The molecule has 0 bridgehead atoms. The summed E-state index contributed by atoms with van der Waals surface area (Å²) in [5, 5.41) is 8.35. The molecule has 0 aromatic carbocycles. The maximum Gasteiger partial charge on any atom is 0.320 e. The van der Waals surface area contributed by atoms with Crippen molar-refractivity contribution < 1.29 is 19.5 Å². The molecule has 2 atom stereocenters. The number of aldehydes is 1. The van der Waals surface area contributed by atoms with E-state index in [1.54, 1.807) is 0 Å². The van der Waals surface area contributed by atoms with Crippen LogP contribution in [0.4, 0.5) is 0 Å². The fourth-order valence-electron chi connectivity index (χ4n) is 0.631.